The minimum atomic E-state index is -0.711. The lowest BCUT2D eigenvalue weighted by Gasteiger charge is -2.51. The number of aliphatic carboxylic acids is 2. The number of fused-ring (bicyclic) bond motifs is 1. The second-order valence-electron chi connectivity index (χ2n) is 7.30. The Bertz CT molecular complexity index is 394. The van der Waals surface area contributed by atoms with Crippen molar-refractivity contribution in [3.63, 3.8) is 0 Å². The Morgan fingerprint density at radius 2 is 1.59 bits per heavy atom. The third-order valence-corrected chi connectivity index (χ3v) is 6.10. The minimum absolute atomic E-state index is 0.0667. The van der Waals surface area contributed by atoms with E-state index in [1.165, 1.54) is 0 Å². The van der Waals surface area contributed by atoms with Gasteiger partial charge in [0.05, 0.1) is 11.8 Å². The van der Waals surface area contributed by atoms with Gasteiger partial charge in [-0.2, -0.15) is 0 Å². The van der Waals surface area contributed by atoms with Crippen LogP contribution in [0.4, 0.5) is 0 Å². The molecule has 2 aliphatic carbocycles. The third kappa shape index (κ3) is 3.31. The van der Waals surface area contributed by atoms with E-state index in [1.54, 1.807) is 0 Å². The molecule has 126 valence electrons. The smallest absolute Gasteiger partial charge is 0.306 e. The Balaban J connectivity index is 2.35. The van der Waals surface area contributed by atoms with E-state index in [-0.39, 0.29) is 23.7 Å². The van der Waals surface area contributed by atoms with Gasteiger partial charge < -0.3 is 10.2 Å². The summed E-state index contributed by atoms with van der Waals surface area (Å²) in [5.41, 5.74) is 0. The summed E-state index contributed by atoms with van der Waals surface area (Å²) in [6.45, 7) is 4.29. The number of carboxylic acid groups (broad SMARTS) is 2. The molecule has 4 heteroatoms. The van der Waals surface area contributed by atoms with E-state index in [1.807, 2.05) is 0 Å². The van der Waals surface area contributed by atoms with Gasteiger partial charge in [0.1, 0.15) is 0 Å². The van der Waals surface area contributed by atoms with E-state index in [2.05, 4.69) is 13.8 Å². The molecule has 22 heavy (non-hydrogen) atoms. The SMILES string of the molecule is CCCC1CC(C(=O)O)C2CCCC(C(=O)O)C2C1CCC. The Kier molecular flexibility index (Phi) is 5.87. The molecule has 0 aromatic carbocycles. The first-order valence-electron chi connectivity index (χ1n) is 8.96. The normalized spacial score (nSPS) is 38.3. The fourth-order valence-electron chi connectivity index (χ4n) is 5.37. The van der Waals surface area contributed by atoms with Crippen molar-refractivity contribution >= 4 is 11.9 Å². The lowest BCUT2D eigenvalue weighted by molar-refractivity contribution is -0.161. The number of hydrogen-bond acceptors (Lipinski definition) is 2. The Morgan fingerprint density at radius 3 is 2.14 bits per heavy atom. The highest BCUT2D eigenvalue weighted by Gasteiger charge is 2.52. The first-order chi connectivity index (χ1) is 10.5. The Labute approximate surface area is 133 Å². The van der Waals surface area contributed by atoms with Crippen molar-refractivity contribution in [2.75, 3.05) is 0 Å². The zero-order chi connectivity index (χ0) is 16.3. The number of carboxylic acids is 2. The first-order valence-corrected chi connectivity index (χ1v) is 8.96. The molecule has 2 rings (SSSR count). The monoisotopic (exact) mass is 310 g/mol. The van der Waals surface area contributed by atoms with Gasteiger partial charge in [-0.1, -0.05) is 46.0 Å². The Hall–Kier alpha value is -1.06. The van der Waals surface area contributed by atoms with E-state index in [0.717, 1.165) is 51.4 Å². The molecule has 6 unspecified atom stereocenters. The van der Waals surface area contributed by atoms with E-state index >= 15 is 0 Å². The van der Waals surface area contributed by atoms with E-state index in [0.29, 0.717) is 11.8 Å². The van der Waals surface area contributed by atoms with E-state index in [4.69, 9.17) is 0 Å². The van der Waals surface area contributed by atoms with Gasteiger partial charge in [0.15, 0.2) is 0 Å². The summed E-state index contributed by atoms with van der Waals surface area (Å²) in [7, 11) is 0. The molecule has 0 radical (unpaired) electrons. The van der Waals surface area contributed by atoms with Crippen LogP contribution in [0.15, 0.2) is 0 Å². The zero-order valence-corrected chi connectivity index (χ0v) is 13.8. The second kappa shape index (κ2) is 7.47. The molecule has 0 spiro atoms. The van der Waals surface area contributed by atoms with Gasteiger partial charge >= 0.3 is 11.9 Å². The molecule has 0 heterocycles. The molecule has 0 amide bonds. The van der Waals surface area contributed by atoms with Crippen LogP contribution in [-0.4, -0.2) is 22.2 Å². The summed E-state index contributed by atoms with van der Waals surface area (Å²) in [4.78, 5) is 23.5. The van der Waals surface area contributed by atoms with Crippen LogP contribution in [0, 0.1) is 35.5 Å². The lowest BCUT2D eigenvalue weighted by atomic mass is 9.53. The van der Waals surface area contributed by atoms with Gasteiger partial charge in [-0.05, 0) is 42.9 Å². The van der Waals surface area contributed by atoms with Crippen LogP contribution in [0.1, 0.15) is 65.2 Å². The highest BCUT2D eigenvalue weighted by Crippen LogP contribution is 2.54. The van der Waals surface area contributed by atoms with Crippen molar-refractivity contribution in [1.82, 2.24) is 0 Å². The highest BCUT2D eigenvalue weighted by molar-refractivity contribution is 5.73. The average Bonchev–Trinajstić information content (AvgIpc) is 2.48. The maximum atomic E-state index is 11.8. The molecule has 6 atom stereocenters. The van der Waals surface area contributed by atoms with Crippen molar-refractivity contribution in [3.05, 3.63) is 0 Å². The van der Waals surface area contributed by atoms with Crippen LogP contribution in [0.5, 0.6) is 0 Å². The standard InChI is InChI=1S/C18H30O4/c1-3-6-11-10-15(18(21)22)13-8-5-9-14(17(19)20)16(13)12(11)7-4-2/h11-16H,3-10H2,1-2H3,(H,19,20)(H,21,22). The predicted molar refractivity (Wildman–Crippen MR) is 84.5 cm³/mol. The molecule has 0 aromatic heterocycles. The van der Waals surface area contributed by atoms with Gasteiger partial charge in [0, 0.05) is 0 Å². The molecule has 2 aliphatic rings. The first kappa shape index (κ1) is 17.3. The quantitative estimate of drug-likeness (QED) is 0.776. The van der Waals surface area contributed by atoms with Crippen molar-refractivity contribution in [1.29, 1.82) is 0 Å². The molecular formula is C18H30O4. The van der Waals surface area contributed by atoms with Crippen LogP contribution in [0.25, 0.3) is 0 Å². The maximum Gasteiger partial charge on any atom is 0.306 e. The molecule has 0 saturated heterocycles. The molecule has 0 aromatic rings. The van der Waals surface area contributed by atoms with E-state index < -0.39 is 11.9 Å². The summed E-state index contributed by atoms with van der Waals surface area (Å²) in [5, 5.41) is 19.3. The largest absolute Gasteiger partial charge is 0.481 e. The van der Waals surface area contributed by atoms with Crippen LogP contribution < -0.4 is 0 Å². The van der Waals surface area contributed by atoms with Gasteiger partial charge in [0.2, 0.25) is 0 Å². The average molecular weight is 310 g/mol. The van der Waals surface area contributed by atoms with E-state index in [9.17, 15) is 19.8 Å². The molecule has 0 aliphatic heterocycles. The summed E-state index contributed by atoms with van der Waals surface area (Å²) in [5.74, 6) is -1.18. The van der Waals surface area contributed by atoms with Crippen molar-refractivity contribution < 1.29 is 19.8 Å². The van der Waals surface area contributed by atoms with Crippen LogP contribution >= 0.6 is 0 Å². The lowest BCUT2D eigenvalue weighted by Crippen LogP contribution is -2.49. The number of hydrogen-bond donors (Lipinski definition) is 2. The fraction of sp³-hybridized carbons (Fsp3) is 0.889. The van der Waals surface area contributed by atoms with Crippen molar-refractivity contribution in [2.24, 2.45) is 35.5 Å². The molecule has 2 N–H and O–H groups in total. The maximum absolute atomic E-state index is 11.8. The summed E-state index contributed by atoms with van der Waals surface area (Å²) < 4.78 is 0. The summed E-state index contributed by atoms with van der Waals surface area (Å²) >= 11 is 0. The molecule has 0 bridgehead atoms. The summed E-state index contributed by atoms with van der Waals surface area (Å²) in [6, 6.07) is 0. The summed E-state index contributed by atoms with van der Waals surface area (Å²) in [6.07, 6.45) is 7.41. The van der Waals surface area contributed by atoms with Gasteiger partial charge in [0.25, 0.3) is 0 Å². The van der Waals surface area contributed by atoms with Crippen molar-refractivity contribution in [3.8, 4) is 0 Å². The van der Waals surface area contributed by atoms with Crippen LogP contribution in [0.2, 0.25) is 0 Å². The third-order valence-electron chi connectivity index (χ3n) is 6.10. The van der Waals surface area contributed by atoms with Crippen LogP contribution in [-0.2, 0) is 9.59 Å². The highest BCUT2D eigenvalue weighted by atomic mass is 16.4. The topological polar surface area (TPSA) is 74.6 Å². The van der Waals surface area contributed by atoms with Gasteiger partial charge in [-0.25, -0.2) is 0 Å². The molecule has 2 saturated carbocycles. The predicted octanol–water partition coefficient (Wildman–Crippen LogP) is 4.04. The number of rotatable bonds is 6. The molecule has 4 nitrogen and oxygen atoms in total. The zero-order valence-electron chi connectivity index (χ0n) is 13.8. The number of carbonyl (C=O) groups is 2. The second-order valence-corrected chi connectivity index (χ2v) is 7.30. The van der Waals surface area contributed by atoms with Crippen molar-refractivity contribution in [2.45, 2.75) is 65.2 Å². The van der Waals surface area contributed by atoms with Gasteiger partial charge in [-0.15, -0.1) is 0 Å². The van der Waals surface area contributed by atoms with Gasteiger partial charge in [-0.3, -0.25) is 9.59 Å². The Morgan fingerprint density at radius 1 is 0.955 bits per heavy atom. The molecule has 2 fully saturated rings. The van der Waals surface area contributed by atoms with Crippen LogP contribution in [0.3, 0.4) is 0 Å². The fourth-order valence-corrected chi connectivity index (χ4v) is 5.37. The minimum Gasteiger partial charge on any atom is -0.481 e. The molecular weight excluding hydrogens is 280 g/mol.